The van der Waals surface area contributed by atoms with Gasteiger partial charge in [-0.2, -0.15) is 0 Å². The molecule has 0 spiro atoms. The second-order valence-electron chi connectivity index (χ2n) is 3.91. The number of aliphatic carboxylic acids is 1. The summed E-state index contributed by atoms with van der Waals surface area (Å²) >= 11 is 0. The fraction of sp³-hybridized carbons (Fsp3) is 0.364. The second-order valence-corrected chi connectivity index (χ2v) is 3.91. The molecule has 16 heavy (non-hydrogen) atoms. The Labute approximate surface area is 93.5 Å². The van der Waals surface area contributed by atoms with Crippen LogP contribution >= 0.6 is 0 Å². The molecule has 0 aliphatic carbocycles. The van der Waals surface area contributed by atoms with Gasteiger partial charge in [0.25, 0.3) is 0 Å². The van der Waals surface area contributed by atoms with Crippen LogP contribution < -0.4 is 10.5 Å². The second kappa shape index (κ2) is 4.40. The first-order valence-electron chi connectivity index (χ1n) is 4.75. The highest BCUT2D eigenvalue weighted by Gasteiger charge is 2.28. The van der Waals surface area contributed by atoms with Crippen molar-refractivity contribution >= 4 is 5.97 Å². The standard InChI is InChI=1S/C11H15NO4/c1-11(12,10(14)15)6-7-3-4-8(13)9(5-7)16-2/h3-5,13H,6,12H2,1-2H3,(H,14,15). The summed E-state index contributed by atoms with van der Waals surface area (Å²) in [6.07, 6.45) is 0.166. The molecule has 5 heteroatoms. The number of ether oxygens (including phenoxy) is 1. The summed E-state index contributed by atoms with van der Waals surface area (Å²) in [6, 6.07) is 4.64. The molecule has 1 atom stereocenters. The van der Waals surface area contributed by atoms with Crippen LogP contribution in [-0.4, -0.2) is 28.8 Å². The van der Waals surface area contributed by atoms with Crippen LogP contribution in [0.3, 0.4) is 0 Å². The molecule has 0 saturated heterocycles. The van der Waals surface area contributed by atoms with Crippen LogP contribution in [0.5, 0.6) is 11.5 Å². The lowest BCUT2D eigenvalue weighted by atomic mass is 9.94. The van der Waals surface area contributed by atoms with Crippen molar-refractivity contribution in [2.24, 2.45) is 5.73 Å². The van der Waals surface area contributed by atoms with E-state index in [0.717, 1.165) is 0 Å². The Morgan fingerprint density at radius 1 is 1.56 bits per heavy atom. The predicted octanol–water partition coefficient (Wildman–Crippen LogP) is 0.745. The van der Waals surface area contributed by atoms with Gasteiger partial charge in [0.05, 0.1) is 7.11 Å². The maximum absolute atomic E-state index is 10.8. The molecule has 0 radical (unpaired) electrons. The number of methoxy groups -OCH3 is 1. The minimum absolute atomic E-state index is 0.0142. The van der Waals surface area contributed by atoms with E-state index in [1.54, 1.807) is 12.1 Å². The Morgan fingerprint density at radius 3 is 2.69 bits per heavy atom. The third-order valence-corrected chi connectivity index (χ3v) is 2.30. The molecular weight excluding hydrogens is 210 g/mol. The maximum atomic E-state index is 10.8. The number of carboxylic acid groups (broad SMARTS) is 1. The summed E-state index contributed by atoms with van der Waals surface area (Å²) in [4.78, 5) is 10.8. The fourth-order valence-corrected chi connectivity index (χ4v) is 1.33. The van der Waals surface area contributed by atoms with Crippen molar-refractivity contribution in [1.82, 2.24) is 0 Å². The lowest BCUT2D eigenvalue weighted by Crippen LogP contribution is -2.46. The monoisotopic (exact) mass is 225 g/mol. The summed E-state index contributed by atoms with van der Waals surface area (Å²) in [5, 5.41) is 18.2. The molecule has 0 fully saturated rings. The number of hydrogen-bond donors (Lipinski definition) is 3. The molecule has 1 aromatic carbocycles. The molecule has 4 N–H and O–H groups in total. The van der Waals surface area contributed by atoms with E-state index in [2.05, 4.69) is 0 Å². The van der Waals surface area contributed by atoms with Gasteiger partial charge in [0, 0.05) is 6.42 Å². The molecular formula is C11H15NO4. The molecule has 1 rings (SSSR count). The number of benzene rings is 1. The molecule has 0 amide bonds. The van der Waals surface area contributed by atoms with Gasteiger partial charge in [0.15, 0.2) is 11.5 Å². The Balaban J connectivity index is 2.94. The summed E-state index contributed by atoms with van der Waals surface area (Å²) in [7, 11) is 1.43. The van der Waals surface area contributed by atoms with Crippen molar-refractivity contribution < 1.29 is 19.7 Å². The summed E-state index contributed by atoms with van der Waals surface area (Å²) in [6.45, 7) is 1.44. The highest BCUT2D eigenvalue weighted by Crippen LogP contribution is 2.27. The van der Waals surface area contributed by atoms with Crippen LogP contribution in [0.4, 0.5) is 0 Å². The zero-order valence-corrected chi connectivity index (χ0v) is 9.23. The van der Waals surface area contributed by atoms with Gasteiger partial charge < -0.3 is 20.7 Å². The van der Waals surface area contributed by atoms with Crippen molar-refractivity contribution in [2.75, 3.05) is 7.11 Å². The van der Waals surface area contributed by atoms with E-state index >= 15 is 0 Å². The van der Waals surface area contributed by atoms with Gasteiger partial charge in [-0.15, -0.1) is 0 Å². The zero-order valence-electron chi connectivity index (χ0n) is 9.23. The Kier molecular flexibility index (Phi) is 3.39. The van der Waals surface area contributed by atoms with Gasteiger partial charge >= 0.3 is 5.97 Å². The van der Waals surface area contributed by atoms with Crippen LogP contribution in [-0.2, 0) is 11.2 Å². The predicted molar refractivity (Wildman–Crippen MR) is 58.6 cm³/mol. The van der Waals surface area contributed by atoms with Crippen molar-refractivity contribution in [3.05, 3.63) is 23.8 Å². The van der Waals surface area contributed by atoms with E-state index in [-0.39, 0.29) is 12.2 Å². The van der Waals surface area contributed by atoms with Gasteiger partial charge in [-0.05, 0) is 24.6 Å². The van der Waals surface area contributed by atoms with Crippen LogP contribution in [0.2, 0.25) is 0 Å². The molecule has 0 bridgehead atoms. The molecule has 1 aromatic rings. The molecule has 0 saturated carbocycles. The summed E-state index contributed by atoms with van der Waals surface area (Å²) in [5.74, 6) is -0.751. The topological polar surface area (TPSA) is 92.8 Å². The van der Waals surface area contributed by atoms with E-state index in [4.69, 9.17) is 15.6 Å². The smallest absolute Gasteiger partial charge is 0.323 e. The number of aromatic hydroxyl groups is 1. The van der Waals surface area contributed by atoms with Gasteiger partial charge in [0.1, 0.15) is 5.54 Å². The normalized spacial score (nSPS) is 14.2. The van der Waals surface area contributed by atoms with Gasteiger partial charge in [-0.25, -0.2) is 0 Å². The average molecular weight is 225 g/mol. The Bertz CT molecular complexity index is 401. The van der Waals surface area contributed by atoms with Crippen LogP contribution in [0.25, 0.3) is 0 Å². The third-order valence-electron chi connectivity index (χ3n) is 2.30. The van der Waals surface area contributed by atoms with Gasteiger partial charge in [-0.3, -0.25) is 4.79 Å². The number of carbonyl (C=O) groups is 1. The number of nitrogens with two attached hydrogens (primary N) is 1. The number of hydrogen-bond acceptors (Lipinski definition) is 4. The quantitative estimate of drug-likeness (QED) is 0.703. The van der Waals surface area contributed by atoms with Crippen LogP contribution in [0.1, 0.15) is 12.5 Å². The molecule has 0 aliphatic heterocycles. The fourth-order valence-electron chi connectivity index (χ4n) is 1.33. The van der Waals surface area contributed by atoms with E-state index in [0.29, 0.717) is 11.3 Å². The van der Waals surface area contributed by atoms with E-state index in [1.807, 2.05) is 0 Å². The highest BCUT2D eigenvalue weighted by atomic mass is 16.5. The van der Waals surface area contributed by atoms with Crippen molar-refractivity contribution in [1.29, 1.82) is 0 Å². The van der Waals surface area contributed by atoms with E-state index in [9.17, 15) is 9.90 Å². The minimum Gasteiger partial charge on any atom is -0.504 e. The van der Waals surface area contributed by atoms with Crippen LogP contribution in [0.15, 0.2) is 18.2 Å². The Hall–Kier alpha value is -1.75. The molecule has 88 valence electrons. The number of phenols is 1. The first-order valence-corrected chi connectivity index (χ1v) is 4.75. The Morgan fingerprint density at radius 2 is 2.19 bits per heavy atom. The van der Waals surface area contributed by atoms with E-state index < -0.39 is 11.5 Å². The van der Waals surface area contributed by atoms with Gasteiger partial charge in [0.2, 0.25) is 0 Å². The molecule has 0 aliphatic rings. The largest absolute Gasteiger partial charge is 0.504 e. The SMILES string of the molecule is COc1cc(CC(C)(N)C(=O)O)ccc1O. The minimum atomic E-state index is -1.33. The molecule has 0 heterocycles. The van der Waals surface area contributed by atoms with Crippen molar-refractivity contribution in [3.8, 4) is 11.5 Å². The summed E-state index contributed by atoms with van der Waals surface area (Å²) < 4.78 is 4.92. The number of carboxylic acids is 1. The molecule has 0 aromatic heterocycles. The van der Waals surface area contributed by atoms with Crippen molar-refractivity contribution in [3.63, 3.8) is 0 Å². The van der Waals surface area contributed by atoms with Gasteiger partial charge in [-0.1, -0.05) is 6.07 Å². The molecule has 1 unspecified atom stereocenters. The number of phenolic OH excluding ortho intramolecular Hbond substituents is 1. The zero-order chi connectivity index (χ0) is 12.3. The average Bonchev–Trinajstić information content (AvgIpc) is 2.20. The first kappa shape index (κ1) is 12.3. The van der Waals surface area contributed by atoms with E-state index in [1.165, 1.54) is 20.1 Å². The number of rotatable bonds is 4. The lowest BCUT2D eigenvalue weighted by Gasteiger charge is -2.19. The van der Waals surface area contributed by atoms with Crippen molar-refractivity contribution in [2.45, 2.75) is 18.9 Å². The van der Waals surface area contributed by atoms with Crippen LogP contribution in [0, 0.1) is 0 Å². The lowest BCUT2D eigenvalue weighted by molar-refractivity contribution is -0.142. The first-order chi connectivity index (χ1) is 7.36. The highest BCUT2D eigenvalue weighted by molar-refractivity contribution is 5.78. The maximum Gasteiger partial charge on any atom is 0.323 e. The molecule has 5 nitrogen and oxygen atoms in total. The summed E-state index contributed by atoms with van der Waals surface area (Å²) in [5.41, 5.74) is 4.98. The third kappa shape index (κ3) is 2.64.